The fourth-order valence-corrected chi connectivity index (χ4v) is 3.72. The number of nitrogens with two attached hydrogens (primary N) is 1. The normalized spacial score (nSPS) is 16.0. The van der Waals surface area contributed by atoms with Crippen LogP contribution in [0.5, 0.6) is 5.75 Å². The summed E-state index contributed by atoms with van der Waals surface area (Å²) in [5.74, 6) is 0.202. The highest BCUT2D eigenvalue weighted by Crippen LogP contribution is 2.36. The number of carbonyl (C=O) groups excluding carboxylic acids is 2. The predicted molar refractivity (Wildman–Crippen MR) is 93.1 cm³/mol. The van der Waals surface area contributed by atoms with Crippen molar-refractivity contribution in [2.45, 2.75) is 17.4 Å². The maximum Gasteiger partial charge on any atom is 0.255 e. The molecule has 0 radical (unpaired) electrons. The van der Waals surface area contributed by atoms with Gasteiger partial charge in [-0.3, -0.25) is 9.59 Å². The molecule has 130 valence electrons. The third kappa shape index (κ3) is 4.30. The summed E-state index contributed by atoms with van der Waals surface area (Å²) in [5, 5.41) is 2.95. The molecule has 5 nitrogen and oxygen atoms in total. The molecule has 25 heavy (non-hydrogen) atoms. The average Bonchev–Trinajstić information content (AvgIpc) is 2.61. The molecule has 1 atom stereocenters. The van der Waals surface area contributed by atoms with Crippen LogP contribution in [-0.4, -0.2) is 24.2 Å². The smallest absolute Gasteiger partial charge is 0.255 e. The number of rotatable bonds is 5. The van der Waals surface area contributed by atoms with Crippen molar-refractivity contribution in [3.8, 4) is 5.75 Å². The van der Waals surface area contributed by atoms with Crippen LogP contribution in [-0.2, 0) is 4.79 Å². The minimum absolute atomic E-state index is 0.215. The van der Waals surface area contributed by atoms with Crippen LogP contribution in [0.1, 0.15) is 28.4 Å². The first kappa shape index (κ1) is 17.3. The maximum absolute atomic E-state index is 13.5. The lowest BCUT2D eigenvalue weighted by molar-refractivity contribution is -0.119. The third-order valence-corrected chi connectivity index (χ3v) is 4.94. The van der Waals surface area contributed by atoms with E-state index < -0.39 is 5.91 Å². The van der Waals surface area contributed by atoms with Crippen LogP contribution < -0.4 is 15.8 Å². The van der Waals surface area contributed by atoms with Gasteiger partial charge < -0.3 is 15.8 Å². The largest absolute Gasteiger partial charge is 0.484 e. The van der Waals surface area contributed by atoms with E-state index in [0.29, 0.717) is 11.3 Å². The molecule has 0 aromatic heterocycles. The van der Waals surface area contributed by atoms with E-state index in [4.69, 9.17) is 10.5 Å². The summed E-state index contributed by atoms with van der Waals surface area (Å²) in [6.45, 7) is -0.215. The first-order valence-corrected chi connectivity index (χ1v) is 8.76. The highest BCUT2D eigenvalue weighted by atomic mass is 32.2. The van der Waals surface area contributed by atoms with E-state index in [9.17, 15) is 14.0 Å². The number of fused-ring (bicyclic) bond motifs is 1. The molecule has 0 bridgehead atoms. The number of ether oxygens (including phenoxy) is 1. The van der Waals surface area contributed by atoms with Crippen molar-refractivity contribution in [1.82, 2.24) is 5.32 Å². The zero-order valence-corrected chi connectivity index (χ0v) is 14.1. The van der Waals surface area contributed by atoms with Gasteiger partial charge in [0.2, 0.25) is 0 Å². The van der Waals surface area contributed by atoms with Gasteiger partial charge >= 0.3 is 0 Å². The van der Waals surface area contributed by atoms with Gasteiger partial charge in [0.15, 0.2) is 6.61 Å². The van der Waals surface area contributed by atoms with Crippen molar-refractivity contribution in [3.63, 3.8) is 0 Å². The second kappa shape index (κ2) is 7.57. The Bertz CT molecular complexity index is 795. The topological polar surface area (TPSA) is 81.4 Å². The molecule has 1 heterocycles. The standard InChI is InChI=1S/C18H17FN2O3S/c19-12-3-6-16-14(9-12)15(7-8-25-16)21-18(23)11-1-4-13(5-2-11)24-10-17(20)22/h1-6,9,15H,7-8,10H2,(H2,20,22)(H,21,23). The van der Waals surface area contributed by atoms with Crippen LogP contribution >= 0.6 is 11.8 Å². The molecule has 2 aromatic carbocycles. The Morgan fingerprint density at radius 1 is 1.24 bits per heavy atom. The molecular formula is C18H17FN2O3S. The number of halogens is 1. The second-order valence-corrected chi connectivity index (χ2v) is 6.76. The van der Waals surface area contributed by atoms with Gasteiger partial charge in [0.05, 0.1) is 6.04 Å². The Kier molecular flexibility index (Phi) is 5.23. The lowest BCUT2D eigenvalue weighted by atomic mass is 10.0. The Morgan fingerprint density at radius 2 is 2.00 bits per heavy atom. The number of nitrogens with one attached hydrogen (secondary N) is 1. The van der Waals surface area contributed by atoms with E-state index in [2.05, 4.69) is 5.32 Å². The van der Waals surface area contributed by atoms with Gasteiger partial charge in [-0.05, 0) is 54.4 Å². The van der Waals surface area contributed by atoms with Gasteiger partial charge in [0.1, 0.15) is 11.6 Å². The minimum Gasteiger partial charge on any atom is -0.484 e. The molecular weight excluding hydrogens is 343 g/mol. The zero-order valence-electron chi connectivity index (χ0n) is 13.3. The third-order valence-electron chi connectivity index (χ3n) is 3.81. The Morgan fingerprint density at radius 3 is 2.72 bits per heavy atom. The zero-order chi connectivity index (χ0) is 17.8. The van der Waals surface area contributed by atoms with E-state index in [1.807, 2.05) is 0 Å². The Hall–Kier alpha value is -2.54. The van der Waals surface area contributed by atoms with Gasteiger partial charge in [0, 0.05) is 16.2 Å². The number of hydrogen-bond donors (Lipinski definition) is 2. The van der Waals surface area contributed by atoms with Crippen LogP contribution in [0.15, 0.2) is 47.4 Å². The summed E-state index contributed by atoms with van der Waals surface area (Å²) in [6.07, 6.45) is 0.743. The fraction of sp³-hybridized carbons (Fsp3) is 0.222. The van der Waals surface area contributed by atoms with E-state index in [1.165, 1.54) is 12.1 Å². The van der Waals surface area contributed by atoms with Crippen molar-refractivity contribution >= 4 is 23.6 Å². The molecule has 2 amide bonds. The summed E-state index contributed by atoms with van der Waals surface area (Å²) < 4.78 is 18.7. The molecule has 0 saturated heterocycles. The first-order valence-electron chi connectivity index (χ1n) is 7.77. The molecule has 1 unspecified atom stereocenters. The monoisotopic (exact) mass is 360 g/mol. The molecule has 1 aliphatic heterocycles. The molecule has 7 heteroatoms. The number of thioether (sulfide) groups is 1. The van der Waals surface area contributed by atoms with Crippen LogP contribution in [0, 0.1) is 5.82 Å². The average molecular weight is 360 g/mol. The molecule has 0 fully saturated rings. The Labute approximate surface area is 148 Å². The minimum atomic E-state index is -0.567. The van der Waals surface area contributed by atoms with E-state index in [-0.39, 0.29) is 24.4 Å². The summed E-state index contributed by atoms with van der Waals surface area (Å²) >= 11 is 1.66. The van der Waals surface area contributed by atoms with Crippen molar-refractivity contribution in [1.29, 1.82) is 0 Å². The molecule has 3 N–H and O–H groups in total. The van der Waals surface area contributed by atoms with Crippen molar-refractivity contribution in [2.75, 3.05) is 12.4 Å². The van der Waals surface area contributed by atoms with Crippen LogP contribution in [0.4, 0.5) is 4.39 Å². The van der Waals surface area contributed by atoms with E-state index in [1.54, 1.807) is 42.1 Å². The van der Waals surface area contributed by atoms with E-state index >= 15 is 0 Å². The molecule has 2 aromatic rings. The quantitative estimate of drug-likeness (QED) is 0.859. The maximum atomic E-state index is 13.5. The first-order chi connectivity index (χ1) is 12.0. The van der Waals surface area contributed by atoms with Gasteiger partial charge in [-0.15, -0.1) is 11.8 Å². The number of primary amides is 1. The highest BCUT2D eigenvalue weighted by molar-refractivity contribution is 7.99. The molecule has 3 rings (SSSR count). The van der Waals surface area contributed by atoms with Gasteiger partial charge in [-0.2, -0.15) is 0 Å². The summed E-state index contributed by atoms with van der Waals surface area (Å²) in [4.78, 5) is 24.2. The van der Waals surface area contributed by atoms with E-state index in [0.717, 1.165) is 22.6 Å². The lowest BCUT2D eigenvalue weighted by Gasteiger charge is -2.26. The van der Waals surface area contributed by atoms with Gasteiger partial charge in [-0.1, -0.05) is 0 Å². The van der Waals surface area contributed by atoms with Crippen LogP contribution in [0.25, 0.3) is 0 Å². The Balaban J connectivity index is 1.69. The number of hydrogen-bond acceptors (Lipinski definition) is 4. The van der Waals surface area contributed by atoms with Crippen molar-refractivity contribution < 1.29 is 18.7 Å². The van der Waals surface area contributed by atoms with Crippen LogP contribution in [0.3, 0.4) is 0 Å². The van der Waals surface area contributed by atoms with Crippen LogP contribution in [0.2, 0.25) is 0 Å². The number of carbonyl (C=O) groups is 2. The van der Waals surface area contributed by atoms with Crippen molar-refractivity contribution in [3.05, 3.63) is 59.4 Å². The molecule has 1 aliphatic rings. The lowest BCUT2D eigenvalue weighted by Crippen LogP contribution is -2.30. The molecule has 0 aliphatic carbocycles. The van der Waals surface area contributed by atoms with Gasteiger partial charge in [-0.25, -0.2) is 4.39 Å². The van der Waals surface area contributed by atoms with Crippen molar-refractivity contribution in [2.24, 2.45) is 5.73 Å². The second-order valence-electron chi connectivity index (χ2n) is 5.62. The molecule has 0 saturated carbocycles. The summed E-state index contributed by atoms with van der Waals surface area (Å²) in [6, 6.07) is 10.9. The number of benzene rings is 2. The summed E-state index contributed by atoms with van der Waals surface area (Å²) in [7, 11) is 0. The predicted octanol–water partition coefficient (Wildman–Crippen LogP) is 2.66. The highest BCUT2D eigenvalue weighted by Gasteiger charge is 2.23. The van der Waals surface area contributed by atoms with Gasteiger partial charge in [0.25, 0.3) is 11.8 Å². The fourth-order valence-electron chi connectivity index (χ4n) is 2.61. The molecule has 0 spiro atoms. The summed E-state index contributed by atoms with van der Waals surface area (Å²) in [5.41, 5.74) is 6.29. The SMILES string of the molecule is NC(=O)COc1ccc(C(=O)NC2CCSc3ccc(F)cc32)cc1. The number of amides is 2.